The molecule has 0 aliphatic rings. The summed E-state index contributed by atoms with van der Waals surface area (Å²) in [5, 5.41) is 6.25. The first-order valence-corrected chi connectivity index (χ1v) is 10.0. The lowest BCUT2D eigenvalue weighted by atomic mass is 10.1. The molecule has 0 aliphatic heterocycles. The van der Waals surface area contributed by atoms with Gasteiger partial charge in [0.1, 0.15) is 17.5 Å². The van der Waals surface area contributed by atoms with Gasteiger partial charge in [0.25, 0.3) is 0 Å². The number of anilines is 2. The van der Waals surface area contributed by atoms with Crippen molar-refractivity contribution in [3.8, 4) is 23.0 Å². The van der Waals surface area contributed by atoms with Crippen LogP contribution in [0.2, 0.25) is 0 Å². The molecule has 1 unspecified atom stereocenters. The van der Waals surface area contributed by atoms with E-state index in [2.05, 4.69) is 10.6 Å². The number of carbonyl (C=O) groups is 1. The third kappa shape index (κ3) is 5.48. The SMILES string of the molecule is COc1ccc(Oc2cc(NC(C)C(=O)Nc3c(C)cccc3C)ccc2OC)cc1. The van der Waals surface area contributed by atoms with Gasteiger partial charge in [-0.05, 0) is 68.3 Å². The van der Waals surface area contributed by atoms with Crippen LogP contribution in [0.25, 0.3) is 0 Å². The van der Waals surface area contributed by atoms with E-state index in [-0.39, 0.29) is 5.91 Å². The molecule has 3 rings (SSSR count). The summed E-state index contributed by atoms with van der Waals surface area (Å²) < 4.78 is 16.6. The van der Waals surface area contributed by atoms with Gasteiger partial charge in [0, 0.05) is 17.4 Å². The van der Waals surface area contributed by atoms with Crippen LogP contribution in [0.4, 0.5) is 11.4 Å². The average molecular weight is 421 g/mol. The van der Waals surface area contributed by atoms with Gasteiger partial charge in [0.2, 0.25) is 5.91 Å². The Morgan fingerprint density at radius 2 is 1.48 bits per heavy atom. The molecule has 0 heterocycles. The number of hydrogen-bond acceptors (Lipinski definition) is 5. The number of carbonyl (C=O) groups excluding carboxylic acids is 1. The number of aryl methyl sites for hydroxylation is 2. The van der Waals surface area contributed by atoms with Gasteiger partial charge < -0.3 is 24.8 Å². The fraction of sp³-hybridized carbons (Fsp3) is 0.240. The van der Waals surface area contributed by atoms with Gasteiger partial charge in [-0.15, -0.1) is 0 Å². The van der Waals surface area contributed by atoms with E-state index in [4.69, 9.17) is 14.2 Å². The van der Waals surface area contributed by atoms with Crippen molar-refractivity contribution in [1.29, 1.82) is 0 Å². The van der Waals surface area contributed by atoms with E-state index in [1.807, 2.05) is 75.4 Å². The minimum absolute atomic E-state index is 0.120. The summed E-state index contributed by atoms with van der Waals surface area (Å²) in [5.74, 6) is 2.41. The first-order chi connectivity index (χ1) is 14.9. The van der Waals surface area contributed by atoms with Crippen molar-refractivity contribution in [3.63, 3.8) is 0 Å². The summed E-state index contributed by atoms with van der Waals surface area (Å²) >= 11 is 0. The van der Waals surface area contributed by atoms with E-state index in [0.717, 1.165) is 28.3 Å². The molecule has 0 saturated carbocycles. The smallest absolute Gasteiger partial charge is 0.246 e. The van der Waals surface area contributed by atoms with Crippen LogP contribution < -0.4 is 24.8 Å². The number of para-hydroxylation sites is 1. The second-order valence-corrected chi connectivity index (χ2v) is 7.27. The molecule has 6 nitrogen and oxygen atoms in total. The predicted molar refractivity (Wildman–Crippen MR) is 124 cm³/mol. The van der Waals surface area contributed by atoms with Gasteiger partial charge in [0.15, 0.2) is 11.5 Å². The lowest BCUT2D eigenvalue weighted by Crippen LogP contribution is -2.32. The summed E-state index contributed by atoms with van der Waals surface area (Å²) in [6.07, 6.45) is 0. The van der Waals surface area contributed by atoms with Gasteiger partial charge >= 0.3 is 0 Å². The monoisotopic (exact) mass is 420 g/mol. The largest absolute Gasteiger partial charge is 0.497 e. The third-order valence-corrected chi connectivity index (χ3v) is 4.96. The zero-order chi connectivity index (χ0) is 22.4. The molecule has 0 radical (unpaired) electrons. The molecule has 0 spiro atoms. The average Bonchev–Trinajstić information content (AvgIpc) is 2.77. The first-order valence-electron chi connectivity index (χ1n) is 10.0. The minimum atomic E-state index is -0.457. The van der Waals surface area contributed by atoms with Gasteiger partial charge in [-0.3, -0.25) is 4.79 Å². The van der Waals surface area contributed by atoms with Crippen LogP contribution in [-0.2, 0) is 4.79 Å². The molecule has 0 fully saturated rings. The van der Waals surface area contributed by atoms with Crippen LogP contribution in [0.3, 0.4) is 0 Å². The number of rotatable bonds is 8. The predicted octanol–water partition coefficient (Wildman–Crippen LogP) is 5.55. The van der Waals surface area contributed by atoms with Gasteiger partial charge in [0.05, 0.1) is 14.2 Å². The van der Waals surface area contributed by atoms with Crippen molar-refractivity contribution in [1.82, 2.24) is 0 Å². The number of benzene rings is 3. The molecule has 1 atom stereocenters. The zero-order valence-corrected chi connectivity index (χ0v) is 18.5. The molecule has 31 heavy (non-hydrogen) atoms. The van der Waals surface area contributed by atoms with Crippen molar-refractivity contribution in [2.75, 3.05) is 24.9 Å². The van der Waals surface area contributed by atoms with Crippen molar-refractivity contribution < 1.29 is 19.0 Å². The Hall–Kier alpha value is -3.67. The first kappa shape index (κ1) is 22.0. The molecule has 162 valence electrons. The van der Waals surface area contributed by atoms with Crippen LogP contribution in [-0.4, -0.2) is 26.2 Å². The Kier molecular flexibility index (Phi) is 7.03. The number of methoxy groups -OCH3 is 2. The van der Waals surface area contributed by atoms with Crippen LogP contribution in [0.5, 0.6) is 23.0 Å². The van der Waals surface area contributed by atoms with Gasteiger partial charge in [-0.25, -0.2) is 0 Å². The maximum absolute atomic E-state index is 12.7. The molecule has 6 heteroatoms. The Labute approximate surface area is 183 Å². The summed E-state index contributed by atoms with van der Waals surface area (Å²) in [7, 11) is 3.20. The van der Waals surface area contributed by atoms with Gasteiger partial charge in [-0.1, -0.05) is 18.2 Å². The number of hydrogen-bond donors (Lipinski definition) is 2. The highest BCUT2D eigenvalue weighted by Gasteiger charge is 2.16. The highest BCUT2D eigenvalue weighted by molar-refractivity contribution is 5.97. The van der Waals surface area contributed by atoms with E-state index in [1.54, 1.807) is 20.3 Å². The van der Waals surface area contributed by atoms with Crippen molar-refractivity contribution in [3.05, 3.63) is 71.8 Å². The van der Waals surface area contributed by atoms with Gasteiger partial charge in [-0.2, -0.15) is 0 Å². The van der Waals surface area contributed by atoms with Crippen LogP contribution in [0, 0.1) is 13.8 Å². The molecular formula is C25H28N2O4. The van der Waals surface area contributed by atoms with E-state index in [9.17, 15) is 4.79 Å². The summed E-state index contributed by atoms with van der Waals surface area (Å²) in [6.45, 7) is 5.77. The second-order valence-electron chi connectivity index (χ2n) is 7.27. The van der Waals surface area contributed by atoms with Crippen LogP contribution in [0.15, 0.2) is 60.7 Å². The number of nitrogens with one attached hydrogen (secondary N) is 2. The van der Waals surface area contributed by atoms with E-state index >= 15 is 0 Å². The lowest BCUT2D eigenvalue weighted by molar-refractivity contribution is -0.116. The fourth-order valence-electron chi connectivity index (χ4n) is 3.18. The Morgan fingerprint density at radius 1 is 0.839 bits per heavy atom. The highest BCUT2D eigenvalue weighted by Crippen LogP contribution is 2.34. The second kappa shape index (κ2) is 9.89. The summed E-state index contributed by atoms with van der Waals surface area (Å²) in [4.78, 5) is 12.7. The fourth-order valence-corrected chi connectivity index (χ4v) is 3.18. The lowest BCUT2D eigenvalue weighted by Gasteiger charge is -2.19. The normalized spacial score (nSPS) is 11.4. The molecule has 0 aromatic heterocycles. The van der Waals surface area contributed by atoms with E-state index in [0.29, 0.717) is 17.2 Å². The van der Waals surface area contributed by atoms with Crippen LogP contribution >= 0.6 is 0 Å². The minimum Gasteiger partial charge on any atom is -0.497 e. The summed E-state index contributed by atoms with van der Waals surface area (Å²) in [6, 6.07) is 18.2. The Morgan fingerprint density at radius 3 is 2.10 bits per heavy atom. The molecule has 3 aromatic rings. The molecule has 0 bridgehead atoms. The Bertz CT molecular complexity index is 1030. The standard InChI is InChI=1S/C25H28N2O4/c1-16-7-6-8-17(2)24(16)27-25(28)18(3)26-19-9-14-22(30-5)23(15-19)31-21-12-10-20(29-4)11-13-21/h6-15,18,26H,1-5H3,(H,27,28). The maximum atomic E-state index is 12.7. The third-order valence-electron chi connectivity index (χ3n) is 4.96. The molecule has 0 aliphatic carbocycles. The zero-order valence-electron chi connectivity index (χ0n) is 18.5. The molecule has 1 amide bonds. The maximum Gasteiger partial charge on any atom is 0.246 e. The van der Waals surface area contributed by atoms with E-state index in [1.165, 1.54) is 0 Å². The molecule has 0 saturated heterocycles. The van der Waals surface area contributed by atoms with Crippen molar-refractivity contribution in [2.24, 2.45) is 0 Å². The van der Waals surface area contributed by atoms with E-state index < -0.39 is 6.04 Å². The topological polar surface area (TPSA) is 68.8 Å². The molecule has 2 N–H and O–H groups in total. The van der Waals surface area contributed by atoms with Crippen molar-refractivity contribution in [2.45, 2.75) is 26.8 Å². The quantitative estimate of drug-likeness (QED) is 0.500. The summed E-state index contributed by atoms with van der Waals surface area (Å²) in [5.41, 5.74) is 3.65. The van der Waals surface area contributed by atoms with Crippen molar-refractivity contribution >= 4 is 17.3 Å². The Balaban J connectivity index is 1.73. The molecule has 3 aromatic carbocycles. The molecular weight excluding hydrogens is 392 g/mol. The number of ether oxygens (including phenoxy) is 3. The van der Waals surface area contributed by atoms with Crippen LogP contribution in [0.1, 0.15) is 18.1 Å². The number of amides is 1. The highest BCUT2D eigenvalue weighted by atomic mass is 16.5.